The van der Waals surface area contributed by atoms with Crippen molar-refractivity contribution in [2.24, 2.45) is 5.73 Å². The molecule has 0 aliphatic carbocycles. The van der Waals surface area contributed by atoms with Crippen LogP contribution in [0.2, 0.25) is 0 Å². The van der Waals surface area contributed by atoms with E-state index < -0.39 is 29.9 Å². The van der Waals surface area contributed by atoms with Gasteiger partial charge in [0, 0.05) is 0 Å². The second-order valence-corrected chi connectivity index (χ2v) is 3.24. The Morgan fingerprint density at radius 2 is 1.95 bits per heavy atom. The van der Waals surface area contributed by atoms with Crippen molar-refractivity contribution in [3.8, 4) is 5.75 Å². The molecule has 2 N–H and O–H groups in total. The lowest BCUT2D eigenvalue weighted by Gasteiger charge is -2.13. The summed E-state index contributed by atoms with van der Waals surface area (Å²) in [5.41, 5.74) is 5.37. The third kappa shape index (κ3) is 4.92. The van der Waals surface area contributed by atoms with Crippen molar-refractivity contribution in [1.29, 1.82) is 0 Å². The summed E-state index contributed by atoms with van der Waals surface area (Å²) in [5.74, 6) is -3.11. The van der Waals surface area contributed by atoms with Crippen LogP contribution in [0, 0.1) is 5.82 Å². The highest BCUT2D eigenvalue weighted by molar-refractivity contribution is 5.85. The fourth-order valence-corrected chi connectivity index (χ4v) is 1.18. The van der Waals surface area contributed by atoms with Gasteiger partial charge in [-0.25, -0.2) is 4.39 Å². The van der Waals surface area contributed by atoms with Gasteiger partial charge in [0.25, 0.3) is 0 Å². The summed E-state index contributed by atoms with van der Waals surface area (Å²) in [6.45, 7) is 0. The summed E-state index contributed by atoms with van der Waals surface area (Å²) >= 11 is 0. The Morgan fingerprint density at radius 1 is 1.37 bits per heavy atom. The minimum absolute atomic E-state index is 0. The van der Waals surface area contributed by atoms with E-state index in [1.165, 1.54) is 0 Å². The number of alkyl halides is 3. The molecule has 0 heterocycles. The van der Waals surface area contributed by atoms with Gasteiger partial charge in [-0.1, -0.05) is 6.07 Å². The van der Waals surface area contributed by atoms with Crippen molar-refractivity contribution in [1.82, 2.24) is 0 Å². The molecule has 0 radical (unpaired) electrons. The SMILES string of the molecule is COC(=O)[C@H](N)c1ccc(OC(F)(F)F)c(F)c1.Cl. The van der Waals surface area contributed by atoms with Crippen LogP contribution >= 0.6 is 12.4 Å². The van der Waals surface area contributed by atoms with E-state index >= 15 is 0 Å². The Balaban J connectivity index is 0.00000324. The minimum atomic E-state index is -4.99. The number of halogens is 5. The Morgan fingerprint density at radius 3 is 2.37 bits per heavy atom. The second-order valence-electron chi connectivity index (χ2n) is 3.24. The normalized spacial score (nSPS) is 12.3. The monoisotopic (exact) mass is 303 g/mol. The van der Waals surface area contributed by atoms with E-state index in [0.29, 0.717) is 6.07 Å². The largest absolute Gasteiger partial charge is 0.573 e. The number of carbonyl (C=O) groups excluding carboxylic acids is 1. The molecule has 1 aromatic carbocycles. The molecule has 0 aromatic heterocycles. The van der Waals surface area contributed by atoms with Crippen LogP contribution in [-0.4, -0.2) is 19.4 Å². The first-order chi connectivity index (χ1) is 8.24. The lowest BCUT2D eigenvalue weighted by Crippen LogP contribution is -2.23. The van der Waals surface area contributed by atoms with Crippen LogP contribution in [0.15, 0.2) is 18.2 Å². The third-order valence-corrected chi connectivity index (χ3v) is 2.00. The molecule has 0 amide bonds. The van der Waals surface area contributed by atoms with Gasteiger partial charge < -0.3 is 15.2 Å². The average Bonchev–Trinajstić information content (AvgIpc) is 2.28. The van der Waals surface area contributed by atoms with Gasteiger partial charge in [0.2, 0.25) is 0 Å². The molecule has 108 valence electrons. The van der Waals surface area contributed by atoms with E-state index in [9.17, 15) is 22.4 Å². The van der Waals surface area contributed by atoms with Crippen LogP contribution in [0.1, 0.15) is 11.6 Å². The molecule has 0 unspecified atom stereocenters. The topological polar surface area (TPSA) is 61.5 Å². The van der Waals surface area contributed by atoms with Crippen LogP contribution in [0.4, 0.5) is 17.6 Å². The zero-order valence-corrected chi connectivity index (χ0v) is 10.3. The van der Waals surface area contributed by atoms with E-state index in [2.05, 4.69) is 9.47 Å². The smallest absolute Gasteiger partial charge is 0.468 e. The summed E-state index contributed by atoms with van der Waals surface area (Å²) in [6.07, 6.45) is -4.99. The van der Waals surface area contributed by atoms with Crippen molar-refractivity contribution in [3.63, 3.8) is 0 Å². The summed E-state index contributed by atoms with van der Waals surface area (Å²) in [4.78, 5) is 11.1. The predicted molar refractivity (Wildman–Crippen MR) is 59.3 cm³/mol. The highest BCUT2D eigenvalue weighted by atomic mass is 35.5. The summed E-state index contributed by atoms with van der Waals surface area (Å²) in [6, 6.07) is 1.19. The molecule has 0 saturated carbocycles. The van der Waals surface area contributed by atoms with Crippen LogP contribution in [0.25, 0.3) is 0 Å². The van der Waals surface area contributed by atoms with Gasteiger partial charge in [0.05, 0.1) is 7.11 Å². The number of hydrogen-bond donors (Lipinski definition) is 1. The summed E-state index contributed by atoms with van der Waals surface area (Å²) in [5, 5.41) is 0. The van der Waals surface area contributed by atoms with Gasteiger partial charge in [-0.2, -0.15) is 0 Å². The van der Waals surface area contributed by atoms with Crippen molar-refractivity contribution < 1.29 is 31.8 Å². The predicted octanol–water partition coefficient (Wildman–Crippen LogP) is 2.32. The molecule has 1 rings (SSSR count). The molecule has 1 aromatic rings. The van der Waals surface area contributed by atoms with Crippen LogP contribution in [0.5, 0.6) is 5.75 Å². The quantitative estimate of drug-likeness (QED) is 0.687. The Labute approximate surface area is 111 Å². The molecule has 4 nitrogen and oxygen atoms in total. The Bertz CT molecular complexity index is 453. The molecular weight excluding hydrogens is 294 g/mol. The molecule has 0 saturated heterocycles. The molecule has 19 heavy (non-hydrogen) atoms. The highest BCUT2D eigenvalue weighted by Gasteiger charge is 2.32. The maximum atomic E-state index is 13.3. The third-order valence-electron chi connectivity index (χ3n) is 2.00. The molecular formula is C10H10ClF4NO3. The van der Waals surface area contributed by atoms with Crippen LogP contribution in [0.3, 0.4) is 0 Å². The number of methoxy groups -OCH3 is 1. The van der Waals surface area contributed by atoms with Crippen LogP contribution in [-0.2, 0) is 9.53 Å². The average molecular weight is 304 g/mol. The highest BCUT2D eigenvalue weighted by Crippen LogP contribution is 2.27. The number of hydrogen-bond acceptors (Lipinski definition) is 4. The molecule has 0 fully saturated rings. The van der Waals surface area contributed by atoms with Crippen LogP contribution < -0.4 is 10.5 Å². The maximum Gasteiger partial charge on any atom is 0.573 e. The number of carbonyl (C=O) groups is 1. The first-order valence-electron chi connectivity index (χ1n) is 4.63. The molecule has 0 bridgehead atoms. The Kier molecular flexibility index (Phi) is 6.04. The zero-order valence-electron chi connectivity index (χ0n) is 9.53. The molecule has 0 aliphatic heterocycles. The summed E-state index contributed by atoms with van der Waals surface area (Å²) < 4.78 is 56.6. The maximum absolute atomic E-state index is 13.3. The van der Waals surface area contributed by atoms with Crippen molar-refractivity contribution >= 4 is 18.4 Å². The second kappa shape index (κ2) is 6.58. The zero-order chi connectivity index (χ0) is 13.9. The van der Waals surface area contributed by atoms with Gasteiger partial charge >= 0.3 is 12.3 Å². The molecule has 1 atom stereocenters. The molecule has 0 aliphatic rings. The van der Waals surface area contributed by atoms with Crippen molar-refractivity contribution in [3.05, 3.63) is 29.6 Å². The number of esters is 1. The van der Waals surface area contributed by atoms with E-state index in [-0.39, 0.29) is 18.0 Å². The van der Waals surface area contributed by atoms with E-state index in [1.54, 1.807) is 0 Å². The van der Waals surface area contributed by atoms with Gasteiger partial charge in [-0.3, -0.25) is 4.79 Å². The number of nitrogens with two attached hydrogens (primary N) is 1. The van der Waals surface area contributed by atoms with E-state index in [0.717, 1.165) is 19.2 Å². The van der Waals surface area contributed by atoms with Gasteiger partial charge in [-0.05, 0) is 17.7 Å². The fraction of sp³-hybridized carbons (Fsp3) is 0.300. The van der Waals surface area contributed by atoms with Crippen molar-refractivity contribution in [2.75, 3.05) is 7.11 Å². The summed E-state index contributed by atoms with van der Waals surface area (Å²) in [7, 11) is 1.08. The molecule has 9 heteroatoms. The van der Waals surface area contributed by atoms with Gasteiger partial charge in [0.1, 0.15) is 6.04 Å². The Hall–Kier alpha value is -1.54. The van der Waals surface area contributed by atoms with Gasteiger partial charge in [-0.15, -0.1) is 25.6 Å². The first kappa shape index (κ1) is 17.5. The van der Waals surface area contributed by atoms with Crippen molar-refractivity contribution in [2.45, 2.75) is 12.4 Å². The lowest BCUT2D eigenvalue weighted by molar-refractivity contribution is -0.275. The molecule has 0 spiro atoms. The first-order valence-corrected chi connectivity index (χ1v) is 4.63. The minimum Gasteiger partial charge on any atom is -0.468 e. The number of benzene rings is 1. The lowest BCUT2D eigenvalue weighted by atomic mass is 10.1. The number of ether oxygens (including phenoxy) is 2. The standard InChI is InChI=1S/C10H9F4NO3.ClH/c1-17-9(16)8(15)5-2-3-7(6(11)4-5)18-10(12,13)14;/h2-4,8H,15H2,1H3;1H/t8-;/m1./s1. The number of rotatable bonds is 3. The fourth-order valence-electron chi connectivity index (χ4n) is 1.18. The van der Waals surface area contributed by atoms with E-state index in [4.69, 9.17) is 5.73 Å². The van der Waals surface area contributed by atoms with E-state index in [1.807, 2.05) is 0 Å². The van der Waals surface area contributed by atoms with Gasteiger partial charge in [0.15, 0.2) is 11.6 Å².